The van der Waals surface area contributed by atoms with E-state index in [2.05, 4.69) is 240 Å². The van der Waals surface area contributed by atoms with Gasteiger partial charge in [-0.1, -0.05) is 182 Å². The van der Waals surface area contributed by atoms with Crippen molar-refractivity contribution in [2.45, 2.75) is 15.2 Å². The van der Waals surface area contributed by atoms with E-state index in [1.807, 2.05) is 11.8 Å². The van der Waals surface area contributed by atoms with Crippen molar-refractivity contribution in [3.63, 3.8) is 0 Å². The summed E-state index contributed by atoms with van der Waals surface area (Å²) in [6.45, 7) is 0. The number of hydrogen-bond donors (Lipinski definition) is 0. The summed E-state index contributed by atoms with van der Waals surface area (Å²) in [6, 6.07) is 85.4. The lowest BCUT2D eigenvalue weighted by molar-refractivity contribution is 0.707. The average Bonchev–Trinajstić information content (AvgIpc) is 3.67. The fraction of sp³-hybridized carbons (Fsp3) is 0.0169. The number of anilines is 3. The van der Waals surface area contributed by atoms with Crippen LogP contribution in [0.15, 0.2) is 240 Å². The normalized spacial score (nSPS) is 14.8. The van der Waals surface area contributed by atoms with Crippen LogP contribution in [-0.2, 0) is 5.41 Å². The van der Waals surface area contributed by atoms with E-state index in [1.165, 1.54) is 81.4 Å². The number of fused-ring (bicyclic) bond motifs is 11. The molecule has 1 unspecified atom stereocenters. The Morgan fingerprint density at radius 2 is 0.984 bits per heavy atom. The fourth-order valence-electron chi connectivity index (χ4n) is 10.7. The molecule has 290 valence electrons. The second-order valence-electron chi connectivity index (χ2n) is 16.4. The van der Waals surface area contributed by atoms with Gasteiger partial charge in [0.2, 0.25) is 0 Å². The van der Waals surface area contributed by atoms with Crippen molar-refractivity contribution in [3.05, 3.63) is 253 Å². The predicted octanol–water partition coefficient (Wildman–Crippen LogP) is 15.9. The minimum atomic E-state index is -0.544. The molecule has 0 N–H and O–H groups in total. The second kappa shape index (κ2) is 13.7. The Morgan fingerprint density at radius 1 is 0.371 bits per heavy atom. The van der Waals surface area contributed by atoms with Crippen LogP contribution in [0.4, 0.5) is 17.1 Å². The zero-order chi connectivity index (χ0) is 40.8. The molecule has 13 rings (SSSR count). The van der Waals surface area contributed by atoms with Crippen LogP contribution in [0.5, 0.6) is 0 Å². The number of nitrogens with zero attached hydrogens (tertiary/aromatic N) is 2. The molecule has 0 radical (unpaired) electrons. The van der Waals surface area contributed by atoms with E-state index < -0.39 is 5.41 Å². The second-order valence-corrected chi connectivity index (χ2v) is 17.5. The van der Waals surface area contributed by atoms with Crippen LogP contribution >= 0.6 is 11.8 Å². The van der Waals surface area contributed by atoms with Gasteiger partial charge in [0.25, 0.3) is 0 Å². The molecular formula is C59H38N2S. The van der Waals surface area contributed by atoms with Gasteiger partial charge in [-0.25, -0.2) is 0 Å². The van der Waals surface area contributed by atoms with Crippen molar-refractivity contribution < 1.29 is 0 Å². The standard InChI is InChI=1S/C59H38N2S/c1-3-17-39(18-4-1)44-23-8-12-30-53(44)61-54-31-13-9-25-46(54)47-35-33-43(38-55(47)61)60(41-21-5-2-6-22-41)42-34-36-57-52(37-42)59(50-28-11-14-32-56(50)62-57)49-27-10-7-24-45(49)48-26-15-19-40-20-16-29-51(59)58(40)48/h1-38H. The van der Waals surface area contributed by atoms with Gasteiger partial charge >= 0.3 is 0 Å². The van der Waals surface area contributed by atoms with Gasteiger partial charge in [0.1, 0.15) is 0 Å². The van der Waals surface area contributed by atoms with E-state index >= 15 is 0 Å². The Hall–Kier alpha value is -7.59. The zero-order valence-electron chi connectivity index (χ0n) is 33.7. The van der Waals surface area contributed by atoms with Crippen LogP contribution in [-0.4, -0.2) is 4.57 Å². The van der Waals surface area contributed by atoms with Crippen LogP contribution in [0.25, 0.3) is 60.5 Å². The van der Waals surface area contributed by atoms with Crippen molar-refractivity contribution in [3.8, 4) is 27.9 Å². The molecule has 62 heavy (non-hydrogen) atoms. The van der Waals surface area contributed by atoms with Crippen molar-refractivity contribution in [2.75, 3.05) is 4.90 Å². The summed E-state index contributed by atoms with van der Waals surface area (Å²) >= 11 is 1.89. The molecule has 10 aromatic carbocycles. The van der Waals surface area contributed by atoms with E-state index in [0.29, 0.717) is 0 Å². The molecule has 0 bridgehead atoms. The Balaban J connectivity index is 1.09. The topological polar surface area (TPSA) is 8.17 Å². The third-order valence-corrected chi connectivity index (χ3v) is 14.4. The molecule has 2 heterocycles. The van der Waals surface area contributed by atoms with Gasteiger partial charge in [-0.05, 0) is 110 Å². The number of rotatable bonds is 5. The average molecular weight is 807 g/mol. The Morgan fingerprint density at radius 3 is 1.85 bits per heavy atom. The maximum Gasteiger partial charge on any atom is 0.0736 e. The lowest BCUT2D eigenvalue weighted by Gasteiger charge is -2.46. The van der Waals surface area contributed by atoms with Crippen molar-refractivity contribution in [2.24, 2.45) is 0 Å². The Labute approximate surface area is 365 Å². The maximum atomic E-state index is 2.50. The largest absolute Gasteiger partial charge is 0.310 e. The fourth-order valence-corrected chi connectivity index (χ4v) is 11.9. The molecule has 1 spiro atoms. The zero-order valence-corrected chi connectivity index (χ0v) is 34.6. The number of para-hydroxylation sites is 3. The SMILES string of the molecule is c1ccc(-c2ccccc2-n2c3ccccc3c3ccc(N(c4ccccc4)c4ccc5c(c4)C4(c6ccccc6S5)c5ccccc5-c5cccc6cccc4c56)cc32)cc1. The summed E-state index contributed by atoms with van der Waals surface area (Å²) in [5.74, 6) is 0. The van der Waals surface area contributed by atoms with Gasteiger partial charge in [0, 0.05) is 43.2 Å². The molecule has 1 atom stereocenters. The highest BCUT2D eigenvalue weighted by Gasteiger charge is 2.48. The lowest BCUT2D eigenvalue weighted by Crippen LogP contribution is -2.36. The third kappa shape index (κ3) is 5.00. The minimum Gasteiger partial charge on any atom is -0.310 e. The summed E-state index contributed by atoms with van der Waals surface area (Å²) in [5, 5.41) is 5.06. The summed E-state index contributed by atoms with van der Waals surface area (Å²) in [5.41, 5.74) is 16.6. The first-order valence-corrected chi connectivity index (χ1v) is 22.2. The smallest absolute Gasteiger partial charge is 0.0736 e. The van der Waals surface area contributed by atoms with Crippen LogP contribution in [0.1, 0.15) is 22.3 Å². The predicted molar refractivity (Wildman–Crippen MR) is 260 cm³/mol. The van der Waals surface area contributed by atoms with E-state index in [4.69, 9.17) is 0 Å². The first-order chi connectivity index (χ1) is 30.8. The van der Waals surface area contributed by atoms with Gasteiger partial charge in [-0.2, -0.15) is 0 Å². The van der Waals surface area contributed by atoms with Crippen molar-refractivity contribution in [1.29, 1.82) is 0 Å². The highest BCUT2D eigenvalue weighted by molar-refractivity contribution is 7.99. The first kappa shape index (κ1) is 35.2. The summed E-state index contributed by atoms with van der Waals surface area (Å²) in [4.78, 5) is 5.03. The molecule has 1 aromatic heterocycles. The Kier molecular flexibility index (Phi) is 7.79. The monoisotopic (exact) mass is 806 g/mol. The van der Waals surface area contributed by atoms with E-state index in [-0.39, 0.29) is 0 Å². The quantitative estimate of drug-likeness (QED) is 0.171. The van der Waals surface area contributed by atoms with Crippen LogP contribution in [0, 0.1) is 0 Å². The molecule has 0 saturated carbocycles. The molecule has 2 aliphatic rings. The van der Waals surface area contributed by atoms with E-state index in [1.54, 1.807) is 0 Å². The molecule has 1 aliphatic carbocycles. The molecule has 0 saturated heterocycles. The van der Waals surface area contributed by atoms with E-state index in [9.17, 15) is 0 Å². The number of aromatic nitrogens is 1. The summed E-state index contributed by atoms with van der Waals surface area (Å²) < 4.78 is 2.46. The van der Waals surface area contributed by atoms with Crippen molar-refractivity contribution >= 4 is 61.4 Å². The molecule has 2 nitrogen and oxygen atoms in total. The molecule has 3 heteroatoms. The van der Waals surface area contributed by atoms with E-state index in [0.717, 1.165) is 28.3 Å². The van der Waals surface area contributed by atoms with Crippen molar-refractivity contribution in [1.82, 2.24) is 4.57 Å². The van der Waals surface area contributed by atoms with Crippen LogP contribution < -0.4 is 4.90 Å². The van der Waals surface area contributed by atoms with Gasteiger partial charge in [-0.3, -0.25) is 0 Å². The van der Waals surface area contributed by atoms with Gasteiger partial charge < -0.3 is 9.47 Å². The molecule has 1 aliphatic heterocycles. The summed E-state index contributed by atoms with van der Waals surface area (Å²) in [7, 11) is 0. The number of benzene rings is 10. The maximum absolute atomic E-state index is 2.50. The number of hydrogen-bond acceptors (Lipinski definition) is 2. The van der Waals surface area contributed by atoms with Gasteiger partial charge in [0.05, 0.1) is 22.1 Å². The highest BCUT2D eigenvalue weighted by atomic mass is 32.2. The highest BCUT2D eigenvalue weighted by Crippen LogP contribution is 2.62. The molecule has 11 aromatic rings. The van der Waals surface area contributed by atoms with Crippen LogP contribution in [0.3, 0.4) is 0 Å². The summed E-state index contributed by atoms with van der Waals surface area (Å²) in [6.07, 6.45) is 0. The first-order valence-electron chi connectivity index (χ1n) is 21.3. The molecule has 0 fully saturated rings. The lowest BCUT2D eigenvalue weighted by atomic mass is 9.59. The van der Waals surface area contributed by atoms with Crippen LogP contribution in [0.2, 0.25) is 0 Å². The molecular weight excluding hydrogens is 769 g/mol. The Bertz CT molecular complexity index is 3560. The third-order valence-electron chi connectivity index (χ3n) is 13.2. The van der Waals surface area contributed by atoms with Gasteiger partial charge in [0.15, 0.2) is 0 Å². The molecule has 0 amide bonds. The van der Waals surface area contributed by atoms with Gasteiger partial charge in [-0.15, -0.1) is 0 Å². The minimum absolute atomic E-state index is 0.544.